The molecule has 1 saturated heterocycles. The largest absolute Gasteiger partial charge is 0.490 e. The molecule has 0 bridgehead atoms. The Morgan fingerprint density at radius 3 is 2.53 bits per heavy atom. The molecule has 19 heavy (non-hydrogen) atoms. The summed E-state index contributed by atoms with van der Waals surface area (Å²) in [6.45, 7) is 1.54. The third-order valence-electron chi connectivity index (χ3n) is 2.73. The lowest BCUT2D eigenvalue weighted by Crippen LogP contribution is -2.25. The Bertz CT molecular complexity index is 446. The second-order valence-corrected chi connectivity index (χ2v) is 4.27. The van der Waals surface area contributed by atoms with Crippen molar-refractivity contribution >= 4 is 12.2 Å². The summed E-state index contributed by atoms with van der Waals surface area (Å²) in [4.78, 5) is 0. The van der Waals surface area contributed by atoms with Crippen LogP contribution in [0.4, 0.5) is 0 Å². The maximum Gasteiger partial charge on any atom is 0.211 e. The van der Waals surface area contributed by atoms with Crippen LogP contribution in [-0.4, -0.2) is 31.5 Å². The first-order chi connectivity index (χ1) is 9.24. The highest BCUT2D eigenvalue weighted by Crippen LogP contribution is 2.18. The molecule has 0 saturated carbocycles. The molecule has 1 fully saturated rings. The zero-order valence-electron chi connectivity index (χ0n) is 10.7. The first-order valence-electron chi connectivity index (χ1n) is 6.20. The number of hydrogen-bond donors (Lipinski definition) is 2. The Hall–Kier alpha value is -2.08. The van der Waals surface area contributed by atoms with Crippen molar-refractivity contribution in [3.8, 4) is 5.75 Å². The van der Waals surface area contributed by atoms with E-state index in [9.17, 15) is 0 Å². The van der Waals surface area contributed by atoms with Gasteiger partial charge in [0.2, 0.25) is 5.96 Å². The van der Waals surface area contributed by atoms with E-state index in [0.29, 0.717) is 0 Å². The molecule has 4 N–H and O–H groups in total. The zero-order chi connectivity index (χ0) is 13.5. The molecular weight excluding hydrogens is 244 g/mol. The van der Waals surface area contributed by atoms with E-state index in [4.69, 9.17) is 20.9 Å². The number of hydrogen-bond acceptors (Lipinski definition) is 4. The average Bonchev–Trinajstić information content (AvgIpc) is 2.42. The van der Waals surface area contributed by atoms with E-state index in [1.165, 1.54) is 0 Å². The maximum absolute atomic E-state index is 5.86. The van der Waals surface area contributed by atoms with Crippen LogP contribution in [0, 0.1) is 0 Å². The second-order valence-electron chi connectivity index (χ2n) is 4.27. The summed E-state index contributed by atoms with van der Waals surface area (Å²) in [7, 11) is 0. The van der Waals surface area contributed by atoms with Gasteiger partial charge in [0, 0.05) is 12.8 Å². The van der Waals surface area contributed by atoms with Crippen molar-refractivity contribution in [2.45, 2.75) is 18.9 Å². The highest BCUT2D eigenvalue weighted by molar-refractivity contribution is 5.81. The SMILES string of the molecule is NC(N)=NN=Cc1ccc(OC2CCOCC2)cc1. The monoisotopic (exact) mass is 262 g/mol. The number of ether oxygens (including phenoxy) is 2. The van der Waals surface area contributed by atoms with Crippen LogP contribution in [-0.2, 0) is 4.74 Å². The second kappa shape index (κ2) is 6.75. The molecule has 0 spiro atoms. The van der Waals surface area contributed by atoms with Crippen LogP contribution in [0.5, 0.6) is 5.75 Å². The van der Waals surface area contributed by atoms with Crippen LogP contribution in [0.2, 0.25) is 0 Å². The third-order valence-corrected chi connectivity index (χ3v) is 2.73. The van der Waals surface area contributed by atoms with Gasteiger partial charge in [-0.05, 0) is 29.8 Å². The van der Waals surface area contributed by atoms with Crippen LogP contribution in [0.15, 0.2) is 34.5 Å². The Kier molecular flexibility index (Phi) is 4.74. The highest BCUT2D eigenvalue weighted by Gasteiger charge is 2.14. The van der Waals surface area contributed by atoms with Crippen molar-refractivity contribution < 1.29 is 9.47 Å². The topological polar surface area (TPSA) is 95.2 Å². The van der Waals surface area contributed by atoms with Gasteiger partial charge in [0.1, 0.15) is 11.9 Å². The van der Waals surface area contributed by atoms with Gasteiger partial charge in [-0.3, -0.25) is 0 Å². The van der Waals surface area contributed by atoms with Crippen LogP contribution in [0.1, 0.15) is 18.4 Å². The Labute approximate surface area is 112 Å². The van der Waals surface area contributed by atoms with Crippen molar-refractivity contribution in [3.63, 3.8) is 0 Å². The molecule has 0 aliphatic carbocycles. The Balaban J connectivity index is 1.90. The molecule has 1 aromatic rings. The minimum absolute atomic E-state index is 0.0595. The number of guanidine groups is 1. The van der Waals surface area contributed by atoms with Crippen molar-refractivity contribution in [2.24, 2.45) is 21.7 Å². The molecule has 1 aliphatic rings. The fraction of sp³-hybridized carbons (Fsp3) is 0.385. The molecule has 0 aromatic heterocycles. The van der Waals surface area contributed by atoms with Crippen molar-refractivity contribution in [1.82, 2.24) is 0 Å². The summed E-state index contributed by atoms with van der Waals surface area (Å²) < 4.78 is 11.2. The van der Waals surface area contributed by atoms with Crippen molar-refractivity contribution in [3.05, 3.63) is 29.8 Å². The smallest absolute Gasteiger partial charge is 0.211 e. The van der Waals surface area contributed by atoms with Gasteiger partial charge in [0.25, 0.3) is 0 Å². The lowest BCUT2D eigenvalue weighted by molar-refractivity contribution is 0.0256. The highest BCUT2D eigenvalue weighted by atomic mass is 16.5. The fourth-order valence-corrected chi connectivity index (χ4v) is 1.78. The van der Waals surface area contributed by atoms with Crippen LogP contribution in [0.25, 0.3) is 0 Å². The zero-order valence-corrected chi connectivity index (χ0v) is 10.7. The average molecular weight is 262 g/mol. The van der Waals surface area contributed by atoms with E-state index in [0.717, 1.165) is 37.4 Å². The molecule has 6 nitrogen and oxygen atoms in total. The van der Waals surface area contributed by atoms with Gasteiger partial charge in [0.15, 0.2) is 0 Å². The van der Waals surface area contributed by atoms with E-state index in [1.54, 1.807) is 6.21 Å². The molecule has 0 amide bonds. The summed E-state index contributed by atoms with van der Waals surface area (Å²) in [5, 5.41) is 7.27. The predicted octanol–water partition coefficient (Wildman–Crippen LogP) is 0.852. The van der Waals surface area contributed by atoms with E-state index < -0.39 is 0 Å². The molecule has 1 aromatic carbocycles. The molecular formula is C13H18N4O2. The minimum Gasteiger partial charge on any atom is -0.490 e. The molecule has 6 heteroatoms. The summed E-state index contributed by atoms with van der Waals surface area (Å²) in [6.07, 6.45) is 3.70. The molecule has 1 heterocycles. The van der Waals surface area contributed by atoms with E-state index in [-0.39, 0.29) is 12.1 Å². The Morgan fingerprint density at radius 1 is 1.21 bits per heavy atom. The Morgan fingerprint density at radius 2 is 1.89 bits per heavy atom. The van der Waals surface area contributed by atoms with E-state index in [2.05, 4.69) is 10.2 Å². The number of nitrogens with zero attached hydrogens (tertiary/aromatic N) is 2. The third kappa shape index (κ3) is 4.59. The quantitative estimate of drug-likeness (QED) is 0.478. The van der Waals surface area contributed by atoms with Crippen molar-refractivity contribution in [2.75, 3.05) is 13.2 Å². The van der Waals surface area contributed by atoms with Crippen LogP contribution in [0.3, 0.4) is 0 Å². The van der Waals surface area contributed by atoms with E-state index >= 15 is 0 Å². The fourth-order valence-electron chi connectivity index (χ4n) is 1.78. The number of benzene rings is 1. The number of nitrogens with two attached hydrogens (primary N) is 2. The van der Waals surface area contributed by atoms with Gasteiger partial charge >= 0.3 is 0 Å². The first-order valence-corrected chi connectivity index (χ1v) is 6.20. The first kappa shape index (κ1) is 13.4. The number of rotatable bonds is 4. The van der Waals surface area contributed by atoms with Gasteiger partial charge in [-0.1, -0.05) is 0 Å². The van der Waals surface area contributed by atoms with E-state index in [1.807, 2.05) is 24.3 Å². The lowest BCUT2D eigenvalue weighted by atomic mass is 10.1. The standard InChI is InChI=1S/C13H18N4O2/c14-13(15)17-16-9-10-1-3-11(4-2-10)19-12-5-7-18-8-6-12/h1-4,9,12H,5-8H2,(H4,14,15,17). The molecule has 102 valence electrons. The molecule has 2 rings (SSSR count). The molecule has 1 aliphatic heterocycles. The minimum atomic E-state index is -0.0595. The normalized spacial score (nSPS) is 16.4. The van der Waals surface area contributed by atoms with Crippen molar-refractivity contribution in [1.29, 1.82) is 0 Å². The van der Waals surface area contributed by atoms with Crippen LogP contribution < -0.4 is 16.2 Å². The maximum atomic E-state index is 5.86. The van der Waals surface area contributed by atoms with Gasteiger partial charge in [-0.2, -0.15) is 5.10 Å². The summed E-state index contributed by atoms with van der Waals surface area (Å²) in [6, 6.07) is 7.62. The lowest BCUT2D eigenvalue weighted by Gasteiger charge is -2.23. The summed E-state index contributed by atoms with van der Waals surface area (Å²) in [5.41, 5.74) is 11.2. The molecule has 0 radical (unpaired) electrons. The van der Waals surface area contributed by atoms with Gasteiger partial charge in [0.05, 0.1) is 19.4 Å². The van der Waals surface area contributed by atoms with Gasteiger partial charge < -0.3 is 20.9 Å². The van der Waals surface area contributed by atoms with Gasteiger partial charge in [-0.15, -0.1) is 5.10 Å². The van der Waals surface area contributed by atoms with Gasteiger partial charge in [-0.25, -0.2) is 0 Å². The summed E-state index contributed by atoms with van der Waals surface area (Å²) in [5.74, 6) is 0.793. The predicted molar refractivity (Wildman–Crippen MR) is 74.3 cm³/mol. The molecule has 0 unspecified atom stereocenters. The summed E-state index contributed by atoms with van der Waals surface area (Å²) >= 11 is 0. The molecule has 0 atom stereocenters. The van der Waals surface area contributed by atoms with Crippen LogP contribution >= 0.6 is 0 Å².